The van der Waals surface area contributed by atoms with E-state index >= 15 is 0 Å². The number of aliphatic hydroxyl groups excluding tert-OH is 1. The van der Waals surface area contributed by atoms with Crippen molar-refractivity contribution in [3.63, 3.8) is 0 Å². The Hall–Kier alpha value is -1.28. The third-order valence-electron chi connectivity index (χ3n) is 4.52. The fourth-order valence-corrected chi connectivity index (χ4v) is 3.76. The van der Waals surface area contributed by atoms with E-state index in [1.165, 1.54) is 0 Å². The quantitative estimate of drug-likeness (QED) is 0.793. The smallest absolute Gasteiger partial charge is 0.241 e. The highest BCUT2D eigenvalue weighted by Crippen LogP contribution is 2.36. The zero-order valence-corrected chi connectivity index (χ0v) is 15.0. The van der Waals surface area contributed by atoms with E-state index in [0.29, 0.717) is 11.9 Å². The Balaban J connectivity index is 1.86. The molecule has 3 rings (SSSR count). The lowest BCUT2D eigenvalue weighted by Gasteiger charge is -2.25. The van der Waals surface area contributed by atoms with Crippen molar-refractivity contribution in [2.75, 3.05) is 5.32 Å². The number of rotatable bonds is 5. The van der Waals surface area contributed by atoms with Crippen molar-refractivity contribution in [3.8, 4) is 0 Å². The van der Waals surface area contributed by atoms with E-state index in [9.17, 15) is 13.9 Å². The fourth-order valence-electron chi connectivity index (χ4n) is 3.25. The van der Waals surface area contributed by atoms with Gasteiger partial charge in [-0.2, -0.15) is 0 Å². The Morgan fingerprint density at radius 1 is 1.38 bits per heavy atom. The zero-order valence-electron chi connectivity index (χ0n) is 13.4. The first-order valence-corrected chi connectivity index (χ1v) is 9.00. The van der Waals surface area contributed by atoms with Crippen LogP contribution in [0.5, 0.6) is 0 Å². The average Bonchev–Trinajstić information content (AvgIpc) is 2.84. The van der Waals surface area contributed by atoms with Crippen molar-refractivity contribution >= 4 is 27.4 Å². The van der Waals surface area contributed by atoms with Crippen molar-refractivity contribution in [1.82, 2.24) is 14.6 Å². The highest BCUT2D eigenvalue weighted by molar-refractivity contribution is 9.10. The van der Waals surface area contributed by atoms with Gasteiger partial charge in [-0.1, -0.05) is 0 Å². The molecule has 0 radical (unpaired) electrons. The Kier molecular flexibility index (Phi) is 5.34. The van der Waals surface area contributed by atoms with Gasteiger partial charge in [0.2, 0.25) is 12.4 Å². The molecule has 0 aliphatic heterocycles. The monoisotopic (exact) mass is 402 g/mol. The second kappa shape index (κ2) is 7.31. The minimum Gasteiger partial charge on any atom is -0.393 e. The van der Waals surface area contributed by atoms with E-state index in [0.717, 1.165) is 41.4 Å². The minimum atomic E-state index is -2.36. The molecule has 5 nitrogen and oxygen atoms in total. The second-order valence-corrected chi connectivity index (χ2v) is 7.33. The number of aromatic nitrogens is 3. The summed E-state index contributed by atoms with van der Waals surface area (Å²) >= 11 is 3.53. The van der Waals surface area contributed by atoms with E-state index in [1.54, 1.807) is 13.1 Å². The summed E-state index contributed by atoms with van der Waals surface area (Å²) in [5, 5.41) is 17.1. The molecule has 2 heterocycles. The highest BCUT2D eigenvalue weighted by atomic mass is 79.9. The van der Waals surface area contributed by atoms with Crippen LogP contribution in [0.4, 0.5) is 14.7 Å². The van der Waals surface area contributed by atoms with Crippen molar-refractivity contribution in [1.29, 1.82) is 0 Å². The third kappa shape index (κ3) is 3.85. The summed E-state index contributed by atoms with van der Waals surface area (Å²) in [5.41, 5.74) is 1.92. The first kappa shape index (κ1) is 17.5. The molecule has 1 aliphatic carbocycles. The van der Waals surface area contributed by atoms with Gasteiger partial charge >= 0.3 is 0 Å². The van der Waals surface area contributed by atoms with Gasteiger partial charge in [-0.3, -0.25) is 0 Å². The number of halogens is 3. The van der Waals surface area contributed by atoms with Crippen molar-refractivity contribution in [2.24, 2.45) is 0 Å². The summed E-state index contributed by atoms with van der Waals surface area (Å²) in [6, 6.07) is 1.63. The summed E-state index contributed by atoms with van der Waals surface area (Å²) in [4.78, 5) is 4.23. The Bertz CT molecular complexity index is 701. The first-order chi connectivity index (χ1) is 11.4. The van der Waals surface area contributed by atoms with E-state index in [-0.39, 0.29) is 12.5 Å². The van der Waals surface area contributed by atoms with Crippen molar-refractivity contribution < 1.29 is 13.9 Å². The molecule has 1 fully saturated rings. The largest absolute Gasteiger partial charge is 0.393 e. The van der Waals surface area contributed by atoms with Gasteiger partial charge in [-0.15, -0.1) is 5.10 Å². The molecule has 1 atom stereocenters. The van der Waals surface area contributed by atoms with Gasteiger partial charge in [-0.05, 0) is 54.6 Å². The number of hydrogen-bond donors (Lipinski definition) is 2. The third-order valence-corrected chi connectivity index (χ3v) is 5.15. The Labute approximate surface area is 147 Å². The zero-order chi connectivity index (χ0) is 17.3. The van der Waals surface area contributed by atoms with Crippen LogP contribution < -0.4 is 5.32 Å². The first-order valence-electron chi connectivity index (χ1n) is 8.21. The van der Waals surface area contributed by atoms with Gasteiger partial charge in [0.15, 0.2) is 0 Å². The summed E-state index contributed by atoms with van der Waals surface area (Å²) in [6.45, 7) is 1.69. The number of alkyl halides is 2. The fraction of sp³-hybridized carbons (Fsp3) is 0.625. The van der Waals surface area contributed by atoms with Crippen LogP contribution in [0.25, 0.3) is 5.52 Å². The van der Waals surface area contributed by atoms with Crippen LogP contribution >= 0.6 is 15.9 Å². The minimum absolute atomic E-state index is 0.210. The summed E-state index contributed by atoms with van der Waals surface area (Å²) in [6.07, 6.45) is 2.27. The molecule has 0 saturated heterocycles. The molecule has 0 aromatic carbocycles. The van der Waals surface area contributed by atoms with Gasteiger partial charge in [0.1, 0.15) is 0 Å². The molecule has 132 valence electrons. The maximum atomic E-state index is 12.5. The SMILES string of the molecule is C[C@@H](CC(F)F)Nc1ncc2c(Br)cc(C3CCC(O)CC3)n2n1. The van der Waals surface area contributed by atoms with E-state index in [4.69, 9.17) is 0 Å². The van der Waals surface area contributed by atoms with Gasteiger partial charge in [0, 0.05) is 28.5 Å². The molecule has 0 amide bonds. The maximum absolute atomic E-state index is 12.5. The Morgan fingerprint density at radius 2 is 2.08 bits per heavy atom. The van der Waals surface area contributed by atoms with Crippen molar-refractivity contribution in [2.45, 2.75) is 63.5 Å². The van der Waals surface area contributed by atoms with E-state index < -0.39 is 12.5 Å². The van der Waals surface area contributed by atoms with Gasteiger partial charge in [0.25, 0.3) is 0 Å². The van der Waals surface area contributed by atoms with Gasteiger partial charge < -0.3 is 10.4 Å². The molecule has 1 aliphatic rings. The molecule has 0 spiro atoms. The van der Waals surface area contributed by atoms with Gasteiger partial charge in [-0.25, -0.2) is 18.3 Å². The van der Waals surface area contributed by atoms with Crippen molar-refractivity contribution in [3.05, 3.63) is 22.4 Å². The number of aliphatic hydroxyl groups is 1. The maximum Gasteiger partial charge on any atom is 0.241 e. The predicted molar refractivity (Wildman–Crippen MR) is 91.6 cm³/mol. The van der Waals surface area contributed by atoms with Crippen LogP contribution in [0.1, 0.15) is 50.6 Å². The molecule has 8 heteroatoms. The molecule has 2 N–H and O–H groups in total. The van der Waals surface area contributed by atoms with E-state index in [2.05, 4.69) is 31.3 Å². The summed E-state index contributed by atoms with van der Waals surface area (Å²) < 4.78 is 27.7. The standard InChI is InChI=1S/C16H21BrF2N4O/c1-9(6-15(18)19)21-16-20-8-14-12(17)7-13(23(14)22-16)10-2-4-11(24)5-3-10/h7-11,15,24H,2-6H2,1H3,(H,21,22)/t9-,10?,11?/m0/s1. The highest BCUT2D eigenvalue weighted by Gasteiger charge is 2.25. The predicted octanol–water partition coefficient (Wildman–Crippen LogP) is 3.97. The second-order valence-electron chi connectivity index (χ2n) is 6.47. The van der Waals surface area contributed by atoms with Crippen LogP contribution in [0, 0.1) is 0 Å². The lowest BCUT2D eigenvalue weighted by molar-refractivity contribution is 0.121. The van der Waals surface area contributed by atoms with Crippen LogP contribution in [0.3, 0.4) is 0 Å². The van der Waals surface area contributed by atoms with Crippen LogP contribution in [-0.2, 0) is 0 Å². The van der Waals surface area contributed by atoms with Crippen LogP contribution in [0.15, 0.2) is 16.7 Å². The molecule has 0 unspecified atom stereocenters. The number of nitrogens with zero attached hydrogens (tertiary/aromatic N) is 3. The number of fused-ring (bicyclic) bond motifs is 1. The number of anilines is 1. The van der Waals surface area contributed by atoms with Crippen LogP contribution in [-0.4, -0.2) is 38.3 Å². The average molecular weight is 403 g/mol. The molecular formula is C16H21BrF2N4O. The summed E-state index contributed by atoms with van der Waals surface area (Å²) in [7, 11) is 0. The normalized spacial score (nSPS) is 22.9. The lowest BCUT2D eigenvalue weighted by atomic mass is 9.85. The number of hydrogen-bond acceptors (Lipinski definition) is 4. The molecule has 2 aromatic heterocycles. The van der Waals surface area contributed by atoms with Crippen LogP contribution in [0.2, 0.25) is 0 Å². The topological polar surface area (TPSA) is 62.5 Å². The number of nitrogens with one attached hydrogen (secondary N) is 1. The lowest BCUT2D eigenvalue weighted by Crippen LogP contribution is -2.21. The molecule has 24 heavy (non-hydrogen) atoms. The molecular weight excluding hydrogens is 382 g/mol. The molecule has 0 bridgehead atoms. The Morgan fingerprint density at radius 3 is 2.75 bits per heavy atom. The molecule has 2 aromatic rings. The van der Waals surface area contributed by atoms with E-state index in [1.807, 2.05) is 10.6 Å². The summed E-state index contributed by atoms with van der Waals surface area (Å²) in [5.74, 6) is 0.671. The molecule has 1 saturated carbocycles. The van der Waals surface area contributed by atoms with Gasteiger partial charge in [0.05, 0.1) is 17.8 Å².